The smallest absolute Gasteiger partial charge is 0.321 e. The number of urea groups is 1. The molecule has 1 atom stereocenters. The van der Waals surface area contributed by atoms with E-state index in [1.54, 1.807) is 61.2 Å². The number of carbonyl (C=O) groups excluding carboxylic acids is 3. The van der Waals surface area contributed by atoms with Gasteiger partial charge in [-0.15, -0.1) is 0 Å². The van der Waals surface area contributed by atoms with Crippen LogP contribution in [0.2, 0.25) is 0 Å². The summed E-state index contributed by atoms with van der Waals surface area (Å²) in [7, 11) is 0. The molecule has 1 aromatic heterocycles. The maximum Gasteiger partial charge on any atom is 0.321 e. The molecule has 4 aromatic rings. The van der Waals surface area contributed by atoms with Gasteiger partial charge in [-0.05, 0) is 29.8 Å². The Kier molecular flexibility index (Phi) is 9.79. The van der Waals surface area contributed by atoms with Crippen molar-refractivity contribution in [2.45, 2.75) is 26.4 Å². The van der Waals surface area contributed by atoms with E-state index >= 15 is 4.39 Å². The lowest BCUT2D eigenvalue weighted by Gasteiger charge is -2.37. The Hall–Kier alpha value is -5.13. The Labute approximate surface area is 278 Å². The zero-order chi connectivity index (χ0) is 33.7. The van der Waals surface area contributed by atoms with Crippen molar-refractivity contribution in [1.29, 1.82) is 0 Å². The molecule has 10 nitrogen and oxygen atoms in total. The number of para-hydroxylation sites is 1. The molecule has 2 aliphatic rings. The van der Waals surface area contributed by atoms with Crippen molar-refractivity contribution in [2.24, 2.45) is 5.41 Å². The van der Waals surface area contributed by atoms with Crippen molar-refractivity contribution in [1.82, 2.24) is 20.5 Å². The number of imide groups is 1. The Morgan fingerprint density at radius 3 is 2.44 bits per heavy atom. The van der Waals surface area contributed by atoms with Crippen LogP contribution in [-0.4, -0.2) is 67.2 Å². The van der Waals surface area contributed by atoms with Crippen molar-refractivity contribution in [3.8, 4) is 22.9 Å². The van der Waals surface area contributed by atoms with Gasteiger partial charge in [0.05, 0.1) is 37.5 Å². The summed E-state index contributed by atoms with van der Waals surface area (Å²) >= 11 is 0. The highest BCUT2D eigenvalue weighted by molar-refractivity contribution is 5.98. The number of halogens is 1. The van der Waals surface area contributed by atoms with E-state index in [-0.39, 0.29) is 30.7 Å². The van der Waals surface area contributed by atoms with Gasteiger partial charge < -0.3 is 24.4 Å². The van der Waals surface area contributed by atoms with E-state index in [1.165, 1.54) is 6.07 Å². The van der Waals surface area contributed by atoms with Gasteiger partial charge in [0, 0.05) is 47.8 Å². The fourth-order valence-corrected chi connectivity index (χ4v) is 5.99. The molecule has 2 aliphatic heterocycles. The summed E-state index contributed by atoms with van der Waals surface area (Å²) in [6.07, 6.45) is 0. The van der Waals surface area contributed by atoms with Crippen LogP contribution >= 0.6 is 0 Å². The van der Waals surface area contributed by atoms with Crippen LogP contribution in [0, 0.1) is 11.2 Å². The molecule has 248 valence electrons. The minimum Gasteiger partial charge on any atom is -0.435 e. The summed E-state index contributed by atoms with van der Waals surface area (Å²) in [6, 6.07) is 24.3. The molecule has 48 heavy (non-hydrogen) atoms. The number of rotatable bonds is 9. The number of pyridine rings is 1. The quantitative estimate of drug-likeness (QED) is 0.224. The molecular weight excluding hydrogens is 615 g/mol. The third-order valence-electron chi connectivity index (χ3n) is 8.61. The van der Waals surface area contributed by atoms with Gasteiger partial charge in [0.2, 0.25) is 11.8 Å². The summed E-state index contributed by atoms with van der Waals surface area (Å²) in [5.74, 6) is -1.76. The van der Waals surface area contributed by atoms with Crippen LogP contribution in [0.3, 0.4) is 0 Å². The maximum atomic E-state index is 15.2. The molecule has 0 spiro atoms. The number of nitrogens with zero attached hydrogens (tertiary/aromatic N) is 2. The zero-order valence-corrected chi connectivity index (χ0v) is 26.8. The Balaban J connectivity index is 1.17. The predicted molar refractivity (Wildman–Crippen MR) is 176 cm³/mol. The summed E-state index contributed by atoms with van der Waals surface area (Å²) < 4.78 is 32.1. The van der Waals surface area contributed by atoms with Crippen LogP contribution in [-0.2, 0) is 20.9 Å². The normalized spacial score (nSPS) is 15.5. The largest absolute Gasteiger partial charge is 0.435 e. The molecule has 1 saturated heterocycles. The number of amides is 4. The molecule has 1 fully saturated rings. The van der Waals surface area contributed by atoms with Gasteiger partial charge in [-0.25, -0.2) is 14.2 Å². The number of aromatic nitrogens is 1. The van der Waals surface area contributed by atoms with Crippen LogP contribution in [0.5, 0.6) is 11.6 Å². The molecule has 6 rings (SSSR count). The van der Waals surface area contributed by atoms with Crippen LogP contribution in [0.25, 0.3) is 11.3 Å². The van der Waals surface area contributed by atoms with E-state index in [0.717, 1.165) is 11.1 Å². The number of fused-ring (bicyclic) bond motifs is 2. The molecule has 3 aromatic carbocycles. The summed E-state index contributed by atoms with van der Waals surface area (Å²) in [5, 5.41) is 5.10. The van der Waals surface area contributed by atoms with E-state index in [0.29, 0.717) is 55.3 Å². The third kappa shape index (κ3) is 7.07. The van der Waals surface area contributed by atoms with Gasteiger partial charge >= 0.3 is 6.03 Å². The van der Waals surface area contributed by atoms with Crippen LogP contribution in [0.4, 0.5) is 9.18 Å². The summed E-state index contributed by atoms with van der Waals surface area (Å²) in [6.45, 7) is 6.41. The zero-order valence-electron chi connectivity index (χ0n) is 26.8. The molecule has 0 radical (unpaired) electrons. The monoisotopic (exact) mass is 652 g/mol. The molecule has 2 N–H and O–H groups in total. The topological polar surface area (TPSA) is 119 Å². The number of hydrogen-bond donors (Lipinski definition) is 2. The molecule has 0 aliphatic carbocycles. The second-order valence-corrected chi connectivity index (χ2v) is 12.2. The lowest BCUT2D eigenvalue weighted by Crippen LogP contribution is -2.48. The van der Waals surface area contributed by atoms with E-state index in [1.807, 2.05) is 36.4 Å². The number of hydrogen-bond acceptors (Lipinski definition) is 7. The summed E-state index contributed by atoms with van der Waals surface area (Å²) in [5.41, 5.74) is 2.67. The SMILES string of the molecule is CC(C)(C(=O)NC(=O)NCCOCc1ccccc1)[C@@H]1c2ccc(-c3ccc(C(=O)N4CCOCC4)cc3)nc2Oc2c(F)cccc21. The highest BCUT2D eigenvalue weighted by atomic mass is 19.1. The second-order valence-electron chi connectivity index (χ2n) is 12.2. The van der Waals surface area contributed by atoms with Crippen LogP contribution in [0.15, 0.2) is 84.9 Å². The third-order valence-corrected chi connectivity index (χ3v) is 8.61. The van der Waals surface area contributed by atoms with Crippen LogP contribution < -0.4 is 15.4 Å². The van der Waals surface area contributed by atoms with Crippen molar-refractivity contribution in [3.05, 3.63) is 113 Å². The van der Waals surface area contributed by atoms with E-state index in [2.05, 4.69) is 10.6 Å². The molecule has 4 amide bonds. The average molecular weight is 653 g/mol. The Morgan fingerprint density at radius 2 is 1.69 bits per heavy atom. The average Bonchev–Trinajstić information content (AvgIpc) is 3.11. The van der Waals surface area contributed by atoms with Crippen molar-refractivity contribution in [2.75, 3.05) is 39.5 Å². The number of morpholine rings is 1. The van der Waals surface area contributed by atoms with Gasteiger partial charge in [0.1, 0.15) is 0 Å². The van der Waals surface area contributed by atoms with Gasteiger partial charge in [0.25, 0.3) is 5.91 Å². The first-order valence-corrected chi connectivity index (χ1v) is 15.9. The first kappa shape index (κ1) is 32.8. The fourth-order valence-electron chi connectivity index (χ4n) is 5.99. The fraction of sp³-hybridized carbons (Fsp3) is 0.297. The standard InChI is InChI=1S/C37H37FN4O6/c1-37(2,35(44)41-36(45)39-17-20-47-23-24-7-4-3-5-8-24)31-27-9-6-10-29(38)32(27)48-33-28(31)15-16-30(40-33)25-11-13-26(14-12-25)34(43)42-18-21-46-22-19-42/h3-16,31H,17-23H2,1-2H3,(H2,39,41,44,45)/t31-/m0/s1. The van der Waals surface area contributed by atoms with Gasteiger partial charge in [0.15, 0.2) is 11.6 Å². The molecule has 3 heterocycles. The Morgan fingerprint density at radius 1 is 0.938 bits per heavy atom. The first-order valence-electron chi connectivity index (χ1n) is 15.9. The molecule has 0 saturated carbocycles. The Bertz CT molecular complexity index is 1790. The molecule has 0 unspecified atom stereocenters. The van der Waals surface area contributed by atoms with Gasteiger partial charge in [-0.1, -0.05) is 74.5 Å². The lowest BCUT2D eigenvalue weighted by molar-refractivity contribution is -0.128. The molecule has 0 bridgehead atoms. The van der Waals surface area contributed by atoms with Crippen molar-refractivity contribution < 1.29 is 33.0 Å². The summed E-state index contributed by atoms with van der Waals surface area (Å²) in [4.78, 5) is 45.7. The van der Waals surface area contributed by atoms with Gasteiger partial charge in [-0.2, -0.15) is 0 Å². The van der Waals surface area contributed by atoms with E-state index < -0.39 is 29.1 Å². The van der Waals surface area contributed by atoms with E-state index in [9.17, 15) is 14.4 Å². The van der Waals surface area contributed by atoms with Crippen LogP contribution in [0.1, 0.15) is 46.8 Å². The number of nitrogens with one attached hydrogen (secondary N) is 2. The first-order chi connectivity index (χ1) is 23.2. The number of carbonyl (C=O) groups is 3. The van der Waals surface area contributed by atoms with E-state index in [4.69, 9.17) is 19.2 Å². The van der Waals surface area contributed by atoms with Crippen molar-refractivity contribution in [3.63, 3.8) is 0 Å². The highest BCUT2D eigenvalue weighted by Gasteiger charge is 2.45. The van der Waals surface area contributed by atoms with Crippen molar-refractivity contribution >= 4 is 17.8 Å². The van der Waals surface area contributed by atoms with Gasteiger partial charge in [-0.3, -0.25) is 14.9 Å². The highest BCUT2D eigenvalue weighted by Crippen LogP contribution is 2.52. The predicted octanol–water partition coefficient (Wildman–Crippen LogP) is 5.67. The minimum absolute atomic E-state index is 0.0213. The maximum absolute atomic E-state index is 15.2. The number of benzene rings is 3. The lowest BCUT2D eigenvalue weighted by atomic mass is 9.69. The number of ether oxygens (including phenoxy) is 3. The second kappa shape index (κ2) is 14.3. The minimum atomic E-state index is -1.23. The molecule has 11 heteroatoms. The molecular formula is C37H37FN4O6.